The van der Waals surface area contributed by atoms with Crippen molar-refractivity contribution in [3.63, 3.8) is 0 Å². The molecule has 4 unspecified atom stereocenters. The molecule has 2 N–H and O–H groups in total. The molecule has 3 aromatic carbocycles. The third kappa shape index (κ3) is 2.59. The Morgan fingerprint density at radius 1 is 0.974 bits per heavy atom. The van der Waals surface area contributed by atoms with E-state index in [1.807, 2.05) is 50.2 Å². The lowest BCUT2D eigenvalue weighted by atomic mass is 9.59. The van der Waals surface area contributed by atoms with E-state index in [-0.39, 0.29) is 23.6 Å². The number of anilines is 2. The van der Waals surface area contributed by atoms with Gasteiger partial charge >= 0.3 is 0 Å². The summed E-state index contributed by atoms with van der Waals surface area (Å²) < 4.78 is 5.33. The summed E-state index contributed by atoms with van der Waals surface area (Å²) in [5.41, 5.74) is 2.98. The number of hydrogen-bond acceptors (Lipinski definition) is 5. The van der Waals surface area contributed by atoms with E-state index < -0.39 is 16.9 Å². The van der Waals surface area contributed by atoms with Gasteiger partial charge in [-0.2, -0.15) is 0 Å². The number of rotatable bonds is 3. The predicted octanol–water partition coefficient (Wildman–Crippen LogP) is 4.33. The standard InChI is InChI=1S/C31H29N3O4/c1-17-15-18(2)25-22(16-17)31(29(37)33-25)27(26(35)19-10-12-20(38-3)13-11-19)30(24-9-6-14-34(24)31)21-7-4-5-8-23(21)32-28(30)36/h4-5,7-8,10-13,15-16,24,27H,6,9,14H2,1-3H3,(H,32,36)(H,33,37). The van der Waals surface area contributed by atoms with E-state index in [2.05, 4.69) is 15.5 Å². The first-order chi connectivity index (χ1) is 18.3. The van der Waals surface area contributed by atoms with Gasteiger partial charge in [0, 0.05) is 28.5 Å². The summed E-state index contributed by atoms with van der Waals surface area (Å²) >= 11 is 0. The lowest BCUT2D eigenvalue weighted by Gasteiger charge is -2.38. The van der Waals surface area contributed by atoms with Crippen LogP contribution in [-0.4, -0.2) is 42.2 Å². The number of benzene rings is 3. The fraction of sp³-hybridized carbons (Fsp3) is 0.323. The molecule has 4 atom stereocenters. The molecule has 0 radical (unpaired) electrons. The van der Waals surface area contributed by atoms with Gasteiger partial charge in [0.25, 0.3) is 0 Å². The molecule has 2 fully saturated rings. The summed E-state index contributed by atoms with van der Waals surface area (Å²) in [7, 11) is 1.58. The number of aryl methyl sites for hydroxylation is 2. The van der Waals surface area contributed by atoms with Crippen molar-refractivity contribution in [1.29, 1.82) is 0 Å². The number of nitrogens with zero attached hydrogens (tertiary/aromatic N) is 1. The molecule has 4 aliphatic rings. The van der Waals surface area contributed by atoms with Crippen LogP contribution in [0.2, 0.25) is 0 Å². The predicted molar refractivity (Wildman–Crippen MR) is 144 cm³/mol. The first-order valence-electron chi connectivity index (χ1n) is 13.1. The van der Waals surface area contributed by atoms with E-state index in [1.165, 1.54) is 0 Å². The lowest BCUT2D eigenvalue weighted by Crippen LogP contribution is -2.55. The molecule has 38 heavy (non-hydrogen) atoms. The Morgan fingerprint density at radius 2 is 1.74 bits per heavy atom. The lowest BCUT2D eigenvalue weighted by molar-refractivity contribution is -0.128. The number of hydrogen-bond donors (Lipinski definition) is 2. The van der Waals surface area contributed by atoms with E-state index in [0.717, 1.165) is 40.8 Å². The number of Topliss-reactive ketones (excluding diaryl/α,β-unsaturated/α-hetero) is 1. The summed E-state index contributed by atoms with van der Waals surface area (Å²) in [4.78, 5) is 45.7. The average molecular weight is 508 g/mol. The fourth-order valence-corrected chi connectivity index (χ4v) is 7.92. The molecule has 0 aromatic heterocycles. The number of methoxy groups -OCH3 is 1. The van der Waals surface area contributed by atoms with Crippen molar-refractivity contribution in [2.24, 2.45) is 5.92 Å². The van der Waals surface area contributed by atoms with Gasteiger partial charge < -0.3 is 15.4 Å². The van der Waals surface area contributed by atoms with Crippen molar-refractivity contribution in [3.8, 4) is 5.75 Å². The van der Waals surface area contributed by atoms with Crippen LogP contribution in [0.3, 0.4) is 0 Å². The molecule has 4 aliphatic heterocycles. The topological polar surface area (TPSA) is 87.7 Å². The van der Waals surface area contributed by atoms with Crippen LogP contribution in [0, 0.1) is 19.8 Å². The first kappa shape index (κ1) is 23.2. The number of nitrogens with one attached hydrogen (secondary N) is 2. The van der Waals surface area contributed by atoms with Crippen LogP contribution in [0.15, 0.2) is 60.7 Å². The number of fused-ring (bicyclic) bond motifs is 7. The Balaban J connectivity index is 1.57. The molecular weight excluding hydrogens is 478 g/mol. The normalized spacial score (nSPS) is 28.8. The summed E-state index contributed by atoms with van der Waals surface area (Å²) in [6, 6.07) is 18.4. The van der Waals surface area contributed by atoms with Gasteiger partial charge in [0.1, 0.15) is 16.7 Å². The van der Waals surface area contributed by atoms with Gasteiger partial charge in [-0.1, -0.05) is 35.9 Å². The van der Waals surface area contributed by atoms with Crippen LogP contribution in [0.1, 0.15) is 45.5 Å². The minimum atomic E-state index is -1.31. The number of para-hydroxylation sites is 1. The third-order valence-electron chi connectivity index (χ3n) is 9.21. The highest BCUT2D eigenvalue weighted by Gasteiger charge is 2.78. The zero-order valence-electron chi connectivity index (χ0n) is 21.6. The molecule has 4 heterocycles. The molecule has 3 aromatic rings. The third-order valence-corrected chi connectivity index (χ3v) is 9.21. The highest BCUT2D eigenvalue weighted by atomic mass is 16.5. The molecule has 0 saturated carbocycles. The first-order valence-corrected chi connectivity index (χ1v) is 13.1. The van der Waals surface area contributed by atoms with Crippen LogP contribution < -0.4 is 15.4 Å². The monoisotopic (exact) mass is 507 g/mol. The van der Waals surface area contributed by atoms with E-state index in [9.17, 15) is 14.4 Å². The van der Waals surface area contributed by atoms with Crippen molar-refractivity contribution < 1.29 is 19.1 Å². The van der Waals surface area contributed by atoms with Crippen molar-refractivity contribution in [1.82, 2.24) is 4.90 Å². The molecule has 0 bridgehead atoms. The minimum Gasteiger partial charge on any atom is -0.497 e. The highest BCUT2D eigenvalue weighted by Crippen LogP contribution is 2.66. The van der Waals surface area contributed by atoms with Gasteiger partial charge in [-0.3, -0.25) is 19.3 Å². The van der Waals surface area contributed by atoms with Gasteiger partial charge in [-0.25, -0.2) is 0 Å². The maximum absolute atomic E-state index is 14.9. The zero-order valence-corrected chi connectivity index (χ0v) is 21.6. The fourth-order valence-electron chi connectivity index (χ4n) is 7.92. The van der Waals surface area contributed by atoms with Crippen LogP contribution >= 0.6 is 0 Å². The Labute approximate surface area is 221 Å². The van der Waals surface area contributed by atoms with Crippen molar-refractivity contribution >= 4 is 29.0 Å². The second kappa shape index (κ2) is 7.77. The van der Waals surface area contributed by atoms with Gasteiger partial charge in [0.05, 0.1) is 13.0 Å². The van der Waals surface area contributed by atoms with Crippen LogP contribution in [0.25, 0.3) is 0 Å². The Bertz CT molecular complexity index is 1550. The van der Waals surface area contributed by atoms with Crippen LogP contribution in [0.4, 0.5) is 11.4 Å². The highest BCUT2D eigenvalue weighted by molar-refractivity contribution is 6.19. The smallest absolute Gasteiger partial charge is 0.250 e. The molecule has 192 valence electrons. The largest absolute Gasteiger partial charge is 0.497 e. The average Bonchev–Trinajstić information content (AvgIpc) is 3.63. The molecule has 2 amide bonds. The SMILES string of the molecule is COc1ccc(C(=O)C2C3(C(=O)Nc4ccccc43)C3CCCN3C23C(=O)Nc2c(C)cc(C)cc23)cc1. The molecule has 2 saturated heterocycles. The number of carbonyl (C=O) groups is 3. The minimum absolute atomic E-state index is 0.204. The number of ether oxygens (including phenoxy) is 1. The number of ketones is 1. The summed E-state index contributed by atoms with van der Waals surface area (Å²) in [5, 5.41) is 6.25. The maximum atomic E-state index is 14.9. The van der Waals surface area contributed by atoms with Crippen LogP contribution in [0.5, 0.6) is 5.75 Å². The molecule has 7 nitrogen and oxygen atoms in total. The van der Waals surface area contributed by atoms with Gasteiger partial charge in [0.15, 0.2) is 5.78 Å². The second-order valence-electron chi connectivity index (χ2n) is 11.0. The maximum Gasteiger partial charge on any atom is 0.250 e. The second-order valence-corrected chi connectivity index (χ2v) is 11.0. The molecule has 7 rings (SSSR count). The van der Waals surface area contributed by atoms with Gasteiger partial charge in [-0.05, 0) is 74.7 Å². The molecule has 0 aliphatic carbocycles. The van der Waals surface area contributed by atoms with E-state index in [1.54, 1.807) is 31.4 Å². The van der Waals surface area contributed by atoms with E-state index in [0.29, 0.717) is 23.5 Å². The Hall–Kier alpha value is -3.97. The summed E-state index contributed by atoms with van der Waals surface area (Å²) in [5.74, 6) is -0.966. The zero-order chi connectivity index (χ0) is 26.4. The summed E-state index contributed by atoms with van der Waals surface area (Å²) in [6.07, 6.45) is 1.57. The van der Waals surface area contributed by atoms with Crippen molar-refractivity contribution in [2.75, 3.05) is 24.3 Å². The number of carbonyl (C=O) groups excluding carboxylic acids is 3. The van der Waals surface area contributed by atoms with Crippen molar-refractivity contribution in [2.45, 2.75) is 43.7 Å². The molecule has 7 heteroatoms. The van der Waals surface area contributed by atoms with Crippen LogP contribution in [-0.2, 0) is 20.5 Å². The van der Waals surface area contributed by atoms with Gasteiger partial charge in [0.2, 0.25) is 11.8 Å². The summed E-state index contributed by atoms with van der Waals surface area (Å²) in [6.45, 7) is 4.62. The molecule has 2 spiro atoms. The Morgan fingerprint density at radius 3 is 2.50 bits per heavy atom. The van der Waals surface area contributed by atoms with Gasteiger partial charge in [-0.15, -0.1) is 0 Å². The Kier molecular flexibility index (Phi) is 4.74. The van der Waals surface area contributed by atoms with Crippen molar-refractivity contribution in [3.05, 3.63) is 88.5 Å². The van der Waals surface area contributed by atoms with E-state index in [4.69, 9.17) is 4.74 Å². The number of amides is 2. The van der Waals surface area contributed by atoms with E-state index >= 15 is 0 Å². The quantitative estimate of drug-likeness (QED) is 0.516. The molecular formula is C31H29N3O4.